The van der Waals surface area contributed by atoms with Gasteiger partial charge >= 0.3 is 0 Å². The van der Waals surface area contributed by atoms with Crippen molar-refractivity contribution in [3.63, 3.8) is 0 Å². The van der Waals surface area contributed by atoms with Gasteiger partial charge in [-0.3, -0.25) is 0 Å². The van der Waals surface area contributed by atoms with Crippen LogP contribution in [0.4, 0.5) is 4.39 Å². The molecule has 0 spiro atoms. The van der Waals surface area contributed by atoms with Crippen molar-refractivity contribution in [1.82, 2.24) is 10.2 Å². The van der Waals surface area contributed by atoms with E-state index in [1.807, 2.05) is 12.1 Å². The maximum Gasteiger partial charge on any atom is 0.123 e. The third-order valence-electron chi connectivity index (χ3n) is 3.86. The summed E-state index contributed by atoms with van der Waals surface area (Å²) in [4.78, 5) is 2.31. The van der Waals surface area contributed by atoms with Gasteiger partial charge in [0.1, 0.15) is 5.82 Å². The minimum Gasteiger partial charge on any atom is -0.312 e. The number of nitrogens with zero attached hydrogens (tertiary/aromatic N) is 1. The van der Waals surface area contributed by atoms with Crippen LogP contribution in [-0.4, -0.2) is 31.1 Å². The van der Waals surface area contributed by atoms with Crippen molar-refractivity contribution >= 4 is 0 Å². The van der Waals surface area contributed by atoms with Gasteiger partial charge in [0.2, 0.25) is 0 Å². The molecule has 2 atom stereocenters. The first-order valence-electron chi connectivity index (χ1n) is 7.73. The van der Waals surface area contributed by atoms with Gasteiger partial charge in [-0.2, -0.15) is 0 Å². The average Bonchev–Trinajstić information content (AvgIpc) is 2.45. The maximum absolute atomic E-state index is 12.9. The molecule has 1 aromatic carbocycles. The third-order valence-corrected chi connectivity index (χ3v) is 3.86. The van der Waals surface area contributed by atoms with Crippen LogP contribution in [0.25, 0.3) is 0 Å². The Balaban J connectivity index is 2.51. The zero-order valence-corrected chi connectivity index (χ0v) is 13.3. The number of hydrogen-bond acceptors (Lipinski definition) is 2. The van der Waals surface area contributed by atoms with Crippen molar-refractivity contribution in [1.29, 1.82) is 0 Å². The van der Waals surface area contributed by atoms with Crippen LogP contribution in [0.2, 0.25) is 0 Å². The molecular weight excluding hydrogens is 251 g/mol. The van der Waals surface area contributed by atoms with Gasteiger partial charge < -0.3 is 10.2 Å². The standard InChI is InChI=1S/C17H29FN2/c1-5-11-19-17(14(3)6-2)13-20(4)12-15-7-9-16(18)10-8-15/h7-10,14,17,19H,5-6,11-13H2,1-4H3. The first kappa shape index (κ1) is 17.1. The molecule has 0 saturated carbocycles. The molecule has 0 aliphatic heterocycles. The van der Waals surface area contributed by atoms with Crippen LogP contribution in [0.15, 0.2) is 24.3 Å². The van der Waals surface area contributed by atoms with Crippen molar-refractivity contribution in [3.8, 4) is 0 Å². The highest BCUT2D eigenvalue weighted by atomic mass is 19.1. The lowest BCUT2D eigenvalue weighted by atomic mass is 9.98. The number of halogens is 1. The molecule has 0 saturated heterocycles. The van der Waals surface area contributed by atoms with Gasteiger partial charge in [0.15, 0.2) is 0 Å². The fourth-order valence-electron chi connectivity index (χ4n) is 2.36. The molecule has 1 N–H and O–H groups in total. The molecule has 0 aliphatic rings. The zero-order chi connectivity index (χ0) is 15.0. The fraction of sp³-hybridized carbons (Fsp3) is 0.647. The number of rotatable bonds is 9. The van der Waals surface area contributed by atoms with Gasteiger partial charge in [-0.25, -0.2) is 4.39 Å². The van der Waals surface area contributed by atoms with Crippen molar-refractivity contribution in [2.24, 2.45) is 5.92 Å². The van der Waals surface area contributed by atoms with Crippen molar-refractivity contribution in [3.05, 3.63) is 35.6 Å². The molecule has 0 heterocycles. The highest BCUT2D eigenvalue weighted by Gasteiger charge is 2.17. The molecule has 114 valence electrons. The molecule has 20 heavy (non-hydrogen) atoms. The van der Waals surface area contributed by atoms with Crippen LogP contribution in [0.5, 0.6) is 0 Å². The highest BCUT2D eigenvalue weighted by molar-refractivity contribution is 5.15. The quantitative estimate of drug-likeness (QED) is 0.742. The van der Waals surface area contributed by atoms with Crippen LogP contribution in [0.3, 0.4) is 0 Å². The first-order chi connectivity index (χ1) is 9.56. The Morgan fingerprint density at radius 2 is 1.85 bits per heavy atom. The van der Waals surface area contributed by atoms with E-state index in [-0.39, 0.29) is 5.82 Å². The van der Waals surface area contributed by atoms with E-state index in [4.69, 9.17) is 0 Å². The summed E-state index contributed by atoms with van der Waals surface area (Å²) in [6.07, 6.45) is 2.35. The second-order valence-corrected chi connectivity index (χ2v) is 5.77. The Morgan fingerprint density at radius 3 is 2.40 bits per heavy atom. The molecule has 1 aromatic rings. The Morgan fingerprint density at radius 1 is 1.20 bits per heavy atom. The number of benzene rings is 1. The predicted molar refractivity (Wildman–Crippen MR) is 84.3 cm³/mol. The Bertz CT molecular complexity index is 364. The maximum atomic E-state index is 12.9. The summed E-state index contributed by atoms with van der Waals surface area (Å²) in [5, 5.41) is 3.64. The number of likely N-dealkylation sites (N-methyl/N-ethyl adjacent to an activating group) is 1. The van der Waals surface area contributed by atoms with E-state index in [0.29, 0.717) is 12.0 Å². The van der Waals surface area contributed by atoms with Crippen LogP contribution >= 0.6 is 0 Å². The minimum absolute atomic E-state index is 0.168. The SMILES string of the molecule is CCCNC(CN(C)Cc1ccc(F)cc1)C(C)CC. The predicted octanol–water partition coefficient (Wildman–Crippen LogP) is 3.67. The van der Waals surface area contributed by atoms with E-state index < -0.39 is 0 Å². The summed E-state index contributed by atoms with van der Waals surface area (Å²) >= 11 is 0. The highest BCUT2D eigenvalue weighted by Crippen LogP contribution is 2.11. The van der Waals surface area contributed by atoms with Gasteiger partial charge in [0.05, 0.1) is 0 Å². The lowest BCUT2D eigenvalue weighted by molar-refractivity contribution is 0.238. The van der Waals surface area contributed by atoms with Crippen molar-refractivity contribution in [2.75, 3.05) is 20.1 Å². The van der Waals surface area contributed by atoms with E-state index in [0.717, 1.165) is 31.6 Å². The molecule has 2 unspecified atom stereocenters. The van der Waals surface area contributed by atoms with Crippen LogP contribution in [0, 0.1) is 11.7 Å². The van der Waals surface area contributed by atoms with Crippen LogP contribution < -0.4 is 5.32 Å². The summed E-state index contributed by atoms with van der Waals surface area (Å²) < 4.78 is 12.9. The van der Waals surface area contributed by atoms with Gasteiger partial charge in [0.25, 0.3) is 0 Å². The van der Waals surface area contributed by atoms with Crippen LogP contribution in [-0.2, 0) is 6.54 Å². The summed E-state index contributed by atoms with van der Waals surface area (Å²) in [6.45, 7) is 9.69. The second kappa shape index (κ2) is 9.09. The fourth-order valence-corrected chi connectivity index (χ4v) is 2.36. The summed E-state index contributed by atoms with van der Waals surface area (Å²) in [7, 11) is 2.13. The topological polar surface area (TPSA) is 15.3 Å². The Kier molecular flexibility index (Phi) is 7.78. The second-order valence-electron chi connectivity index (χ2n) is 5.77. The lowest BCUT2D eigenvalue weighted by Crippen LogP contribution is -2.43. The van der Waals surface area contributed by atoms with Gasteiger partial charge in [0, 0.05) is 19.1 Å². The monoisotopic (exact) mass is 280 g/mol. The van der Waals surface area contributed by atoms with Gasteiger partial charge in [-0.1, -0.05) is 39.3 Å². The average molecular weight is 280 g/mol. The van der Waals surface area contributed by atoms with E-state index in [1.54, 1.807) is 0 Å². The summed E-state index contributed by atoms with van der Waals surface area (Å²) in [5.74, 6) is 0.496. The molecule has 0 fully saturated rings. The van der Waals surface area contributed by atoms with E-state index >= 15 is 0 Å². The molecule has 0 aliphatic carbocycles. The normalized spacial score (nSPS) is 14.5. The molecule has 0 bridgehead atoms. The molecule has 0 aromatic heterocycles. The Hall–Kier alpha value is -0.930. The van der Waals surface area contributed by atoms with Gasteiger partial charge in [-0.15, -0.1) is 0 Å². The molecular formula is C17H29FN2. The molecule has 2 nitrogen and oxygen atoms in total. The minimum atomic E-state index is -0.168. The largest absolute Gasteiger partial charge is 0.312 e. The lowest BCUT2D eigenvalue weighted by Gasteiger charge is -2.29. The van der Waals surface area contributed by atoms with Gasteiger partial charge in [-0.05, 0) is 43.6 Å². The number of hydrogen-bond donors (Lipinski definition) is 1. The zero-order valence-electron chi connectivity index (χ0n) is 13.3. The van der Waals surface area contributed by atoms with Crippen LogP contribution in [0.1, 0.15) is 39.2 Å². The molecule has 3 heteroatoms. The summed E-state index contributed by atoms with van der Waals surface area (Å²) in [5.41, 5.74) is 1.16. The van der Waals surface area contributed by atoms with E-state index in [9.17, 15) is 4.39 Å². The molecule has 0 amide bonds. The molecule has 1 rings (SSSR count). The smallest absolute Gasteiger partial charge is 0.123 e. The Labute approximate surface area is 123 Å². The van der Waals surface area contributed by atoms with Crippen molar-refractivity contribution < 1.29 is 4.39 Å². The summed E-state index contributed by atoms with van der Waals surface area (Å²) in [6, 6.07) is 7.31. The van der Waals surface area contributed by atoms with E-state index in [2.05, 4.69) is 38.0 Å². The first-order valence-corrected chi connectivity index (χ1v) is 7.73. The molecule has 0 radical (unpaired) electrons. The van der Waals surface area contributed by atoms with Crippen molar-refractivity contribution in [2.45, 2.75) is 46.2 Å². The number of nitrogens with one attached hydrogen (secondary N) is 1. The third kappa shape index (κ3) is 6.02. The van der Waals surface area contributed by atoms with E-state index in [1.165, 1.54) is 18.6 Å².